The highest BCUT2D eigenvalue weighted by atomic mass is 16.5. The molecule has 0 radical (unpaired) electrons. The van der Waals surface area contributed by atoms with E-state index in [1.54, 1.807) is 7.11 Å². The van der Waals surface area contributed by atoms with E-state index in [0.29, 0.717) is 6.54 Å². The van der Waals surface area contributed by atoms with Gasteiger partial charge in [-0.1, -0.05) is 13.8 Å². The zero-order valence-corrected chi connectivity index (χ0v) is 10.8. The third kappa shape index (κ3) is 2.55. The Bertz CT molecular complexity index is 372. The average molecular weight is 235 g/mol. The van der Waals surface area contributed by atoms with Crippen LogP contribution in [-0.2, 0) is 0 Å². The van der Waals surface area contributed by atoms with Crippen LogP contribution in [0.15, 0.2) is 24.3 Å². The Kier molecular flexibility index (Phi) is 3.29. The summed E-state index contributed by atoms with van der Waals surface area (Å²) < 4.78 is 5.14. The molecule has 1 aromatic rings. The first-order valence-electron chi connectivity index (χ1n) is 6.10. The molecule has 1 aromatic carbocycles. The lowest BCUT2D eigenvalue weighted by Crippen LogP contribution is -2.48. The molecule has 1 N–H and O–H groups in total. The predicted molar refractivity (Wildman–Crippen MR) is 69.6 cm³/mol. The molecule has 17 heavy (non-hydrogen) atoms. The Morgan fingerprint density at radius 2 is 1.94 bits per heavy atom. The van der Waals surface area contributed by atoms with Gasteiger partial charge in [-0.3, -0.25) is 0 Å². The summed E-state index contributed by atoms with van der Waals surface area (Å²) in [6.07, 6.45) is 0.749. The molecule has 0 bridgehead atoms. The predicted octanol–water partition coefficient (Wildman–Crippen LogP) is 2.29. The molecule has 94 valence electrons. The topological polar surface area (TPSA) is 32.7 Å². The molecular weight excluding hydrogens is 214 g/mol. The van der Waals surface area contributed by atoms with Crippen LogP contribution in [0.3, 0.4) is 0 Å². The van der Waals surface area contributed by atoms with Gasteiger partial charge in [-0.15, -0.1) is 0 Å². The van der Waals surface area contributed by atoms with Crippen LogP contribution in [0.5, 0.6) is 5.75 Å². The van der Waals surface area contributed by atoms with Gasteiger partial charge in [0.05, 0.1) is 13.2 Å². The van der Waals surface area contributed by atoms with Gasteiger partial charge < -0.3 is 14.7 Å². The van der Waals surface area contributed by atoms with Crippen molar-refractivity contribution < 1.29 is 9.84 Å². The first kappa shape index (κ1) is 12.2. The summed E-state index contributed by atoms with van der Waals surface area (Å²) in [7, 11) is 1.67. The lowest BCUT2D eigenvalue weighted by molar-refractivity contribution is 0.0351. The fraction of sp³-hybridized carbons (Fsp3) is 0.571. The largest absolute Gasteiger partial charge is 0.497 e. The van der Waals surface area contributed by atoms with Crippen LogP contribution in [0.25, 0.3) is 0 Å². The van der Waals surface area contributed by atoms with E-state index in [1.807, 2.05) is 24.3 Å². The first-order chi connectivity index (χ1) is 8.03. The van der Waals surface area contributed by atoms with E-state index >= 15 is 0 Å². The van der Waals surface area contributed by atoms with Crippen LogP contribution in [-0.4, -0.2) is 31.4 Å². The van der Waals surface area contributed by atoms with Crippen molar-refractivity contribution in [3.05, 3.63) is 24.3 Å². The van der Waals surface area contributed by atoms with E-state index < -0.39 is 0 Å². The molecule has 0 aromatic heterocycles. The number of rotatable bonds is 2. The van der Waals surface area contributed by atoms with Crippen molar-refractivity contribution >= 4 is 5.69 Å². The highest BCUT2D eigenvalue weighted by Crippen LogP contribution is 2.32. The minimum Gasteiger partial charge on any atom is -0.497 e. The summed E-state index contributed by atoms with van der Waals surface area (Å²) in [4.78, 5) is 2.23. The summed E-state index contributed by atoms with van der Waals surface area (Å²) in [5.74, 6) is 0.867. The first-order valence-corrected chi connectivity index (χ1v) is 6.10. The number of hydrogen-bond acceptors (Lipinski definition) is 3. The number of aliphatic hydroxyl groups excluding tert-OH is 1. The minimum absolute atomic E-state index is 0.0307. The normalized spacial score (nSPS) is 23.5. The summed E-state index contributed by atoms with van der Waals surface area (Å²) in [5, 5.41) is 10.1. The maximum Gasteiger partial charge on any atom is 0.119 e. The summed E-state index contributed by atoms with van der Waals surface area (Å²) in [5.41, 5.74) is 1.18. The molecule has 0 spiro atoms. The Morgan fingerprint density at radius 3 is 2.47 bits per heavy atom. The Hall–Kier alpha value is -1.22. The van der Waals surface area contributed by atoms with E-state index in [2.05, 4.69) is 18.7 Å². The van der Waals surface area contributed by atoms with E-state index in [0.717, 1.165) is 24.4 Å². The fourth-order valence-electron chi connectivity index (χ4n) is 2.16. The van der Waals surface area contributed by atoms with Crippen molar-refractivity contribution in [3.63, 3.8) is 0 Å². The van der Waals surface area contributed by atoms with E-state index in [9.17, 15) is 5.11 Å². The molecule has 1 atom stereocenters. The average Bonchev–Trinajstić information content (AvgIpc) is 2.33. The molecule has 1 heterocycles. The van der Waals surface area contributed by atoms with Gasteiger partial charge in [-0.2, -0.15) is 0 Å². The second-order valence-corrected chi connectivity index (χ2v) is 5.40. The number of methoxy groups -OCH3 is 1. The van der Waals surface area contributed by atoms with Crippen LogP contribution >= 0.6 is 0 Å². The van der Waals surface area contributed by atoms with Gasteiger partial charge in [0.2, 0.25) is 0 Å². The highest BCUT2D eigenvalue weighted by molar-refractivity contribution is 5.49. The number of benzene rings is 1. The Balaban J connectivity index is 2.08. The third-order valence-electron chi connectivity index (χ3n) is 3.76. The number of nitrogens with zero attached hydrogens (tertiary/aromatic N) is 1. The van der Waals surface area contributed by atoms with Crippen LogP contribution in [0.2, 0.25) is 0 Å². The molecule has 0 saturated carbocycles. The van der Waals surface area contributed by atoms with Gasteiger partial charge in [0.25, 0.3) is 0 Å². The van der Waals surface area contributed by atoms with Crippen molar-refractivity contribution in [2.45, 2.75) is 26.4 Å². The molecule has 1 aliphatic heterocycles. The van der Waals surface area contributed by atoms with Crippen LogP contribution in [0.4, 0.5) is 5.69 Å². The zero-order chi connectivity index (χ0) is 12.5. The van der Waals surface area contributed by atoms with Crippen LogP contribution < -0.4 is 9.64 Å². The van der Waals surface area contributed by atoms with Gasteiger partial charge in [0, 0.05) is 18.8 Å². The zero-order valence-electron chi connectivity index (χ0n) is 10.8. The fourth-order valence-corrected chi connectivity index (χ4v) is 2.16. The molecule has 2 rings (SSSR count). The van der Waals surface area contributed by atoms with Crippen molar-refractivity contribution in [1.29, 1.82) is 0 Å². The maximum absolute atomic E-state index is 10.1. The number of piperidine rings is 1. The molecule has 0 aliphatic carbocycles. The monoisotopic (exact) mass is 235 g/mol. The molecular formula is C14H21NO2. The lowest BCUT2D eigenvalue weighted by atomic mass is 9.80. The van der Waals surface area contributed by atoms with Crippen molar-refractivity contribution in [1.82, 2.24) is 0 Å². The van der Waals surface area contributed by atoms with Gasteiger partial charge in [0.15, 0.2) is 0 Å². The van der Waals surface area contributed by atoms with E-state index in [-0.39, 0.29) is 11.5 Å². The van der Waals surface area contributed by atoms with Gasteiger partial charge in [-0.25, -0.2) is 0 Å². The molecule has 0 amide bonds. The summed E-state index contributed by atoms with van der Waals surface area (Å²) in [6.45, 7) is 5.96. The van der Waals surface area contributed by atoms with E-state index in [1.165, 1.54) is 0 Å². The van der Waals surface area contributed by atoms with Gasteiger partial charge in [-0.05, 0) is 36.1 Å². The van der Waals surface area contributed by atoms with Gasteiger partial charge >= 0.3 is 0 Å². The summed E-state index contributed by atoms with van der Waals surface area (Å²) >= 11 is 0. The number of anilines is 1. The molecule has 3 heteroatoms. The van der Waals surface area contributed by atoms with Crippen LogP contribution in [0, 0.1) is 5.41 Å². The molecule has 1 aliphatic rings. The maximum atomic E-state index is 10.1. The van der Waals surface area contributed by atoms with Crippen molar-refractivity contribution in [3.8, 4) is 5.75 Å². The SMILES string of the molecule is COc1ccc(N2CCC(C)(C)C(O)C2)cc1. The number of hydrogen-bond donors (Lipinski definition) is 1. The number of ether oxygens (including phenoxy) is 1. The van der Waals surface area contributed by atoms with Crippen molar-refractivity contribution in [2.75, 3.05) is 25.1 Å². The second-order valence-electron chi connectivity index (χ2n) is 5.40. The summed E-state index contributed by atoms with van der Waals surface area (Å²) in [6, 6.07) is 8.01. The molecule has 1 saturated heterocycles. The molecule has 1 fully saturated rings. The minimum atomic E-state index is -0.265. The second kappa shape index (κ2) is 4.57. The standard InChI is InChI=1S/C14H21NO2/c1-14(2)8-9-15(10-13(14)16)11-4-6-12(17-3)7-5-11/h4-7,13,16H,8-10H2,1-3H3. The van der Waals surface area contributed by atoms with Crippen molar-refractivity contribution in [2.24, 2.45) is 5.41 Å². The Morgan fingerprint density at radius 1 is 1.29 bits per heavy atom. The molecule has 3 nitrogen and oxygen atoms in total. The Labute approximate surface area is 103 Å². The quantitative estimate of drug-likeness (QED) is 0.853. The van der Waals surface area contributed by atoms with Gasteiger partial charge in [0.1, 0.15) is 5.75 Å². The van der Waals surface area contributed by atoms with Crippen LogP contribution in [0.1, 0.15) is 20.3 Å². The smallest absolute Gasteiger partial charge is 0.119 e. The number of β-amino-alcohol motifs (C(OH)–C–C–N with tert-alkyl or cyclic N) is 1. The number of aliphatic hydroxyl groups is 1. The van der Waals surface area contributed by atoms with E-state index in [4.69, 9.17) is 4.74 Å². The highest BCUT2D eigenvalue weighted by Gasteiger charge is 2.34. The lowest BCUT2D eigenvalue weighted by Gasteiger charge is -2.42. The molecule has 1 unspecified atom stereocenters. The third-order valence-corrected chi connectivity index (χ3v) is 3.76.